The number of aliphatic hydroxyl groups excluding tert-OH is 1. The van der Waals surface area contributed by atoms with Crippen LogP contribution in [-0.2, 0) is 10.3 Å². The van der Waals surface area contributed by atoms with Gasteiger partial charge in [0.25, 0.3) is 0 Å². The number of hydrogen-bond acceptors (Lipinski definition) is 2. The van der Waals surface area contributed by atoms with Gasteiger partial charge in [0.1, 0.15) is 0 Å². The van der Waals surface area contributed by atoms with E-state index >= 15 is 0 Å². The second-order valence-corrected chi connectivity index (χ2v) is 4.74. The van der Waals surface area contributed by atoms with E-state index in [4.69, 9.17) is 4.74 Å². The van der Waals surface area contributed by atoms with Crippen LogP contribution in [-0.4, -0.2) is 18.3 Å². The standard InChI is InChI=1S/C14H20O2/c1-11-5-3-4-6-13(11)14(16-2)9-7-12(15)8-10-14/h3-6,12,15H,7-10H2,1-2H3/t12-,14-. The maximum Gasteiger partial charge on any atom is 0.0932 e. The second kappa shape index (κ2) is 4.56. The van der Waals surface area contributed by atoms with Crippen LogP contribution in [0.15, 0.2) is 24.3 Å². The Morgan fingerprint density at radius 2 is 1.88 bits per heavy atom. The third-order valence-electron chi connectivity index (χ3n) is 3.79. The monoisotopic (exact) mass is 220 g/mol. The largest absolute Gasteiger partial charge is 0.393 e. The molecule has 1 N–H and O–H groups in total. The van der Waals surface area contributed by atoms with Gasteiger partial charge in [-0.15, -0.1) is 0 Å². The molecule has 16 heavy (non-hydrogen) atoms. The van der Waals surface area contributed by atoms with Crippen molar-refractivity contribution in [2.24, 2.45) is 0 Å². The Labute approximate surface area is 97.3 Å². The number of rotatable bonds is 2. The summed E-state index contributed by atoms with van der Waals surface area (Å²) < 4.78 is 5.78. The van der Waals surface area contributed by atoms with Gasteiger partial charge < -0.3 is 9.84 Å². The normalized spacial score (nSPS) is 30.3. The molecule has 2 rings (SSSR count). The van der Waals surface area contributed by atoms with E-state index in [-0.39, 0.29) is 11.7 Å². The summed E-state index contributed by atoms with van der Waals surface area (Å²) in [5.41, 5.74) is 2.38. The average molecular weight is 220 g/mol. The number of aryl methyl sites for hydroxylation is 1. The molecule has 0 atom stereocenters. The molecule has 0 aliphatic heterocycles. The van der Waals surface area contributed by atoms with Crippen molar-refractivity contribution in [2.45, 2.75) is 44.3 Å². The lowest BCUT2D eigenvalue weighted by atomic mass is 9.77. The van der Waals surface area contributed by atoms with Crippen LogP contribution in [0.5, 0.6) is 0 Å². The van der Waals surface area contributed by atoms with Gasteiger partial charge in [0.05, 0.1) is 11.7 Å². The van der Waals surface area contributed by atoms with Crippen LogP contribution >= 0.6 is 0 Å². The van der Waals surface area contributed by atoms with Gasteiger partial charge in [0.2, 0.25) is 0 Å². The molecule has 0 spiro atoms. The Morgan fingerprint density at radius 1 is 1.25 bits per heavy atom. The zero-order valence-corrected chi connectivity index (χ0v) is 10.1. The molecular weight excluding hydrogens is 200 g/mol. The van der Waals surface area contributed by atoms with Crippen molar-refractivity contribution in [2.75, 3.05) is 7.11 Å². The molecule has 1 aliphatic carbocycles. The summed E-state index contributed by atoms with van der Waals surface area (Å²) in [5.74, 6) is 0. The number of benzene rings is 1. The van der Waals surface area contributed by atoms with E-state index in [0.717, 1.165) is 25.7 Å². The molecule has 2 nitrogen and oxygen atoms in total. The van der Waals surface area contributed by atoms with Gasteiger partial charge >= 0.3 is 0 Å². The van der Waals surface area contributed by atoms with Crippen molar-refractivity contribution >= 4 is 0 Å². The van der Waals surface area contributed by atoms with Crippen molar-refractivity contribution in [1.82, 2.24) is 0 Å². The van der Waals surface area contributed by atoms with Gasteiger partial charge in [-0.05, 0) is 43.7 Å². The molecular formula is C14H20O2. The first-order chi connectivity index (χ1) is 7.68. The maximum atomic E-state index is 9.60. The molecule has 0 unspecified atom stereocenters. The molecule has 2 heteroatoms. The zero-order valence-electron chi connectivity index (χ0n) is 10.1. The van der Waals surface area contributed by atoms with E-state index in [1.165, 1.54) is 11.1 Å². The van der Waals surface area contributed by atoms with Gasteiger partial charge in [0, 0.05) is 7.11 Å². The number of ether oxygens (including phenoxy) is 1. The summed E-state index contributed by atoms with van der Waals surface area (Å²) in [5, 5.41) is 9.60. The highest BCUT2D eigenvalue weighted by Crippen LogP contribution is 2.41. The summed E-state index contributed by atoms with van der Waals surface area (Å²) in [7, 11) is 1.78. The van der Waals surface area contributed by atoms with Crippen molar-refractivity contribution in [3.05, 3.63) is 35.4 Å². The molecule has 0 saturated heterocycles. The Morgan fingerprint density at radius 3 is 2.44 bits per heavy atom. The molecule has 1 aliphatic rings. The SMILES string of the molecule is CO[C@]1(c2ccccc2C)CC[C@@H](O)CC1. The summed E-state index contributed by atoms with van der Waals surface area (Å²) >= 11 is 0. The quantitative estimate of drug-likeness (QED) is 0.830. The first-order valence-corrected chi connectivity index (χ1v) is 5.97. The number of hydrogen-bond donors (Lipinski definition) is 1. The van der Waals surface area contributed by atoms with Crippen molar-refractivity contribution in [1.29, 1.82) is 0 Å². The summed E-state index contributed by atoms with van der Waals surface area (Å²) in [6.07, 6.45) is 3.35. The van der Waals surface area contributed by atoms with E-state index in [1.807, 2.05) is 0 Å². The van der Waals surface area contributed by atoms with Crippen LogP contribution < -0.4 is 0 Å². The van der Waals surface area contributed by atoms with Crippen molar-refractivity contribution < 1.29 is 9.84 Å². The van der Waals surface area contributed by atoms with Crippen LogP contribution in [0.25, 0.3) is 0 Å². The van der Waals surface area contributed by atoms with Crippen LogP contribution in [0.3, 0.4) is 0 Å². The Balaban J connectivity index is 2.32. The fourth-order valence-electron chi connectivity index (χ4n) is 2.74. The van der Waals surface area contributed by atoms with Gasteiger partial charge in [-0.1, -0.05) is 24.3 Å². The Hall–Kier alpha value is -0.860. The van der Waals surface area contributed by atoms with Crippen LogP contribution in [0.1, 0.15) is 36.8 Å². The number of aliphatic hydroxyl groups is 1. The fourth-order valence-corrected chi connectivity index (χ4v) is 2.74. The lowest BCUT2D eigenvalue weighted by Crippen LogP contribution is -2.35. The molecule has 1 aromatic rings. The summed E-state index contributed by atoms with van der Waals surface area (Å²) in [6.45, 7) is 2.13. The first kappa shape index (κ1) is 11.6. The molecule has 0 bridgehead atoms. The van der Waals surface area contributed by atoms with Crippen molar-refractivity contribution in [3.63, 3.8) is 0 Å². The minimum Gasteiger partial charge on any atom is -0.393 e. The lowest BCUT2D eigenvalue weighted by molar-refractivity contribution is -0.0693. The minimum absolute atomic E-state index is 0.146. The third-order valence-corrected chi connectivity index (χ3v) is 3.79. The predicted octanol–water partition coefficient (Wildman–Crippen LogP) is 2.77. The van der Waals surface area contributed by atoms with Gasteiger partial charge in [-0.25, -0.2) is 0 Å². The van der Waals surface area contributed by atoms with E-state index in [0.29, 0.717) is 0 Å². The summed E-state index contributed by atoms with van der Waals surface area (Å²) in [4.78, 5) is 0. The van der Waals surface area contributed by atoms with E-state index in [9.17, 15) is 5.11 Å². The van der Waals surface area contributed by atoms with Crippen molar-refractivity contribution in [3.8, 4) is 0 Å². The first-order valence-electron chi connectivity index (χ1n) is 5.97. The Kier molecular flexibility index (Phi) is 3.31. The maximum absolute atomic E-state index is 9.60. The van der Waals surface area contributed by atoms with Crippen LogP contribution in [0.2, 0.25) is 0 Å². The minimum atomic E-state index is -0.176. The molecule has 0 radical (unpaired) electrons. The molecule has 0 heterocycles. The van der Waals surface area contributed by atoms with E-state index in [1.54, 1.807) is 7.11 Å². The predicted molar refractivity (Wildman–Crippen MR) is 64.3 cm³/mol. The highest BCUT2D eigenvalue weighted by molar-refractivity contribution is 5.32. The van der Waals surface area contributed by atoms with Crippen LogP contribution in [0, 0.1) is 6.92 Å². The van der Waals surface area contributed by atoms with E-state index < -0.39 is 0 Å². The molecule has 1 fully saturated rings. The van der Waals surface area contributed by atoms with E-state index in [2.05, 4.69) is 31.2 Å². The highest BCUT2D eigenvalue weighted by Gasteiger charge is 2.37. The number of methoxy groups -OCH3 is 1. The van der Waals surface area contributed by atoms with Gasteiger partial charge in [0.15, 0.2) is 0 Å². The smallest absolute Gasteiger partial charge is 0.0932 e. The topological polar surface area (TPSA) is 29.5 Å². The zero-order chi connectivity index (χ0) is 11.6. The highest BCUT2D eigenvalue weighted by atomic mass is 16.5. The molecule has 1 saturated carbocycles. The van der Waals surface area contributed by atoms with Crippen LogP contribution in [0.4, 0.5) is 0 Å². The lowest BCUT2D eigenvalue weighted by Gasteiger charge is -2.39. The third kappa shape index (κ3) is 2.00. The molecule has 88 valence electrons. The fraction of sp³-hybridized carbons (Fsp3) is 0.571. The molecule has 0 amide bonds. The average Bonchev–Trinajstić information content (AvgIpc) is 2.32. The second-order valence-electron chi connectivity index (χ2n) is 4.74. The van der Waals surface area contributed by atoms with Gasteiger partial charge in [-0.2, -0.15) is 0 Å². The summed E-state index contributed by atoms with van der Waals surface area (Å²) in [6, 6.07) is 8.39. The Bertz CT molecular complexity index is 352. The molecule has 1 aromatic carbocycles. The molecule has 0 aromatic heterocycles. The van der Waals surface area contributed by atoms with Gasteiger partial charge in [-0.3, -0.25) is 0 Å².